The van der Waals surface area contributed by atoms with Crippen LogP contribution in [0.5, 0.6) is 0 Å². The van der Waals surface area contributed by atoms with E-state index < -0.39 is 0 Å². The van der Waals surface area contributed by atoms with Crippen LogP contribution in [0.4, 0.5) is 11.5 Å². The molecule has 8 heterocycles. The van der Waals surface area contributed by atoms with Crippen LogP contribution < -0.4 is 9.80 Å². The van der Waals surface area contributed by atoms with Crippen molar-refractivity contribution in [2.24, 2.45) is 11.8 Å². The van der Waals surface area contributed by atoms with Gasteiger partial charge in [-0.3, -0.25) is 9.88 Å². The lowest BCUT2D eigenvalue weighted by atomic mass is 9.87. The molecule has 2 unspecified atom stereocenters. The zero-order valence-corrected chi connectivity index (χ0v) is 23.5. The molecule has 204 valence electrons. The fraction of sp³-hybridized carbons (Fsp3) is 0.438. The molecule has 0 aliphatic carbocycles. The first-order chi connectivity index (χ1) is 19.5. The Morgan fingerprint density at radius 2 is 1.80 bits per heavy atom. The molecule has 0 amide bonds. The number of hydrogen-bond acceptors (Lipinski definition) is 7. The summed E-state index contributed by atoms with van der Waals surface area (Å²) >= 11 is 0. The van der Waals surface area contributed by atoms with Gasteiger partial charge < -0.3 is 9.80 Å². The summed E-state index contributed by atoms with van der Waals surface area (Å²) in [7, 11) is 0. The SMILES string of the molecule is CCc1ccc(CN2C3CC2CN(c2ccc(-c4cc(N5CC(C(C)C)C5)cn5ncc(C#N)c45)cn2)C3)cn1. The summed E-state index contributed by atoms with van der Waals surface area (Å²) in [6, 6.07) is 14.3. The average Bonchev–Trinajstić information content (AvgIpc) is 3.38. The van der Waals surface area contributed by atoms with Crippen LogP contribution in [-0.2, 0) is 13.0 Å². The molecule has 2 atom stereocenters. The summed E-state index contributed by atoms with van der Waals surface area (Å²) in [4.78, 5) is 17.0. The van der Waals surface area contributed by atoms with Crippen molar-refractivity contribution in [2.45, 2.75) is 52.2 Å². The number of nitriles is 1. The number of anilines is 2. The van der Waals surface area contributed by atoms with Gasteiger partial charge in [-0.15, -0.1) is 0 Å². The van der Waals surface area contributed by atoms with Crippen LogP contribution in [0.1, 0.15) is 44.0 Å². The molecule has 4 saturated heterocycles. The van der Waals surface area contributed by atoms with E-state index in [4.69, 9.17) is 4.98 Å². The normalized spacial score (nSPS) is 21.0. The van der Waals surface area contributed by atoms with Crippen molar-refractivity contribution in [2.75, 3.05) is 36.0 Å². The van der Waals surface area contributed by atoms with E-state index >= 15 is 0 Å². The molecule has 8 heteroatoms. The van der Waals surface area contributed by atoms with Crippen molar-refractivity contribution in [3.8, 4) is 17.2 Å². The lowest BCUT2D eigenvalue weighted by molar-refractivity contribution is -0.00875. The molecule has 0 radical (unpaired) electrons. The van der Waals surface area contributed by atoms with Crippen LogP contribution in [0, 0.1) is 23.2 Å². The van der Waals surface area contributed by atoms with E-state index in [2.05, 4.69) is 88.2 Å². The maximum absolute atomic E-state index is 9.77. The Hall–Kier alpha value is -3.96. The molecule has 8 nitrogen and oxygen atoms in total. The first-order valence-corrected chi connectivity index (χ1v) is 14.6. The summed E-state index contributed by atoms with van der Waals surface area (Å²) in [6.45, 7) is 11.8. The standard InChI is InChI=1S/C32H36N8/c1-4-26-7-5-22(12-34-26)15-39-28-9-29(39)19-38(18-28)31-8-6-23(13-35-31)30-10-27(37-16-25(17-37)21(2)3)20-40-32(30)24(11-33)14-36-40/h5-8,10,12-14,20-21,25,28-29H,4,9,15-19H2,1-3H3. The van der Waals surface area contributed by atoms with Gasteiger partial charge in [0.05, 0.1) is 29.2 Å². The third kappa shape index (κ3) is 4.29. The number of aromatic nitrogens is 4. The number of piperidine rings is 1. The minimum Gasteiger partial charge on any atom is -0.370 e. The first-order valence-electron chi connectivity index (χ1n) is 14.6. The Balaban J connectivity index is 1.09. The minimum atomic E-state index is 0.554. The van der Waals surface area contributed by atoms with Gasteiger partial charge in [0.1, 0.15) is 11.9 Å². The molecule has 40 heavy (non-hydrogen) atoms. The summed E-state index contributed by atoms with van der Waals surface area (Å²) < 4.78 is 1.86. The zero-order chi connectivity index (χ0) is 27.4. The second-order valence-electron chi connectivity index (χ2n) is 12.0. The Kier molecular flexibility index (Phi) is 6.20. The molecule has 0 aromatic carbocycles. The summed E-state index contributed by atoms with van der Waals surface area (Å²) in [5.74, 6) is 2.43. The summed E-state index contributed by atoms with van der Waals surface area (Å²) in [5, 5.41) is 14.3. The number of hydrogen-bond donors (Lipinski definition) is 0. The van der Waals surface area contributed by atoms with Crippen molar-refractivity contribution >= 4 is 17.0 Å². The van der Waals surface area contributed by atoms with Gasteiger partial charge in [0.25, 0.3) is 0 Å². The monoisotopic (exact) mass is 532 g/mol. The highest BCUT2D eigenvalue weighted by Crippen LogP contribution is 2.37. The Labute approximate surface area is 235 Å². The molecule has 0 saturated carbocycles. The van der Waals surface area contributed by atoms with E-state index in [1.54, 1.807) is 6.20 Å². The lowest BCUT2D eigenvalue weighted by Crippen LogP contribution is -2.68. The van der Waals surface area contributed by atoms with E-state index in [0.29, 0.717) is 23.6 Å². The highest BCUT2D eigenvalue weighted by Gasteiger charge is 2.44. The molecule has 8 rings (SSSR count). The Bertz CT molecular complexity index is 1550. The Morgan fingerprint density at radius 1 is 0.975 bits per heavy atom. The largest absolute Gasteiger partial charge is 0.370 e. The lowest BCUT2D eigenvalue weighted by Gasteiger charge is -2.56. The maximum Gasteiger partial charge on any atom is 0.128 e. The number of piperazine rings is 1. The maximum atomic E-state index is 9.77. The Morgan fingerprint density at radius 3 is 2.45 bits per heavy atom. The second-order valence-corrected chi connectivity index (χ2v) is 12.0. The number of nitrogens with zero attached hydrogens (tertiary/aromatic N) is 8. The number of fused-ring (bicyclic) bond motifs is 3. The van der Waals surface area contributed by atoms with Gasteiger partial charge in [-0.1, -0.05) is 26.8 Å². The number of pyridine rings is 3. The minimum absolute atomic E-state index is 0.554. The molecule has 0 spiro atoms. The summed E-state index contributed by atoms with van der Waals surface area (Å²) in [6.07, 6.45) is 9.96. The third-order valence-electron chi connectivity index (χ3n) is 9.28. The highest BCUT2D eigenvalue weighted by atomic mass is 15.4. The number of rotatable bonds is 7. The molecule has 4 aliphatic heterocycles. The van der Waals surface area contributed by atoms with Crippen molar-refractivity contribution in [3.63, 3.8) is 0 Å². The van der Waals surface area contributed by atoms with Crippen LogP contribution in [0.2, 0.25) is 0 Å². The van der Waals surface area contributed by atoms with Crippen LogP contribution in [0.15, 0.2) is 55.1 Å². The fourth-order valence-electron chi connectivity index (χ4n) is 6.56. The smallest absolute Gasteiger partial charge is 0.128 e. The van der Waals surface area contributed by atoms with Crippen molar-refractivity contribution in [1.29, 1.82) is 5.26 Å². The van der Waals surface area contributed by atoms with Crippen LogP contribution in [-0.4, -0.2) is 62.7 Å². The van der Waals surface area contributed by atoms with Crippen molar-refractivity contribution in [3.05, 3.63) is 71.9 Å². The van der Waals surface area contributed by atoms with Crippen molar-refractivity contribution in [1.82, 2.24) is 24.5 Å². The first kappa shape index (κ1) is 25.0. The molecule has 0 N–H and O–H groups in total. The topological polar surface area (TPSA) is 76.6 Å². The molecular weight excluding hydrogens is 496 g/mol. The van der Waals surface area contributed by atoms with Gasteiger partial charge in [0.2, 0.25) is 0 Å². The van der Waals surface area contributed by atoms with Crippen LogP contribution in [0.3, 0.4) is 0 Å². The molecule has 4 aliphatic rings. The van der Waals surface area contributed by atoms with E-state index in [1.165, 1.54) is 12.0 Å². The average molecular weight is 533 g/mol. The third-order valence-corrected chi connectivity index (χ3v) is 9.28. The predicted molar refractivity (Wildman–Crippen MR) is 157 cm³/mol. The van der Waals surface area contributed by atoms with E-state index in [-0.39, 0.29) is 0 Å². The molecule has 4 aromatic heterocycles. The van der Waals surface area contributed by atoms with E-state index in [1.807, 2.05) is 16.9 Å². The fourth-order valence-corrected chi connectivity index (χ4v) is 6.56. The molecule has 4 aromatic rings. The molecular formula is C32H36N8. The van der Waals surface area contributed by atoms with Gasteiger partial charge in [-0.2, -0.15) is 10.4 Å². The molecule has 4 fully saturated rings. The van der Waals surface area contributed by atoms with Gasteiger partial charge >= 0.3 is 0 Å². The van der Waals surface area contributed by atoms with Gasteiger partial charge in [0, 0.05) is 74.0 Å². The van der Waals surface area contributed by atoms with Gasteiger partial charge in [-0.05, 0) is 54.5 Å². The second kappa shape index (κ2) is 9.90. The quantitative estimate of drug-likeness (QED) is 0.339. The van der Waals surface area contributed by atoms with E-state index in [9.17, 15) is 5.26 Å². The van der Waals surface area contributed by atoms with E-state index in [0.717, 1.165) is 78.9 Å². The van der Waals surface area contributed by atoms with Crippen LogP contribution >= 0.6 is 0 Å². The number of aryl methyl sites for hydroxylation is 1. The highest BCUT2D eigenvalue weighted by molar-refractivity contribution is 5.86. The van der Waals surface area contributed by atoms with Gasteiger partial charge in [-0.25, -0.2) is 9.50 Å². The van der Waals surface area contributed by atoms with Gasteiger partial charge in [0.15, 0.2) is 0 Å². The van der Waals surface area contributed by atoms with Crippen LogP contribution in [0.25, 0.3) is 16.6 Å². The summed E-state index contributed by atoms with van der Waals surface area (Å²) in [5.41, 5.74) is 7.05. The predicted octanol–water partition coefficient (Wildman–Crippen LogP) is 4.78. The molecule has 2 bridgehead atoms. The van der Waals surface area contributed by atoms with Crippen molar-refractivity contribution < 1.29 is 0 Å². The zero-order valence-electron chi connectivity index (χ0n) is 23.5.